The maximum Gasteiger partial charge on any atom is 0.326 e. The van der Waals surface area contributed by atoms with Gasteiger partial charge in [0, 0.05) is 12.7 Å². The van der Waals surface area contributed by atoms with E-state index in [4.69, 9.17) is 0 Å². The van der Waals surface area contributed by atoms with Crippen LogP contribution in [0.15, 0.2) is 24.3 Å². The van der Waals surface area contributed by atoms with Gasteiger partial charge in [0.1, 0.15) is 6.04 Å². The number of fused-ring (bicyclic) bond motifs is 1. The first-order valence-electron chi connectivity index (χ1n) is 9.20. The molecule has 0 fully saturated rings. The van der Waals surface area contributed by atoms with Crippen molar-refractivity contribution in [2.45, 2.75) is 57.9 Å². The van der Waals surface area contributed by atoms with Crippen LogP contribution in [0.25, 0.3) is 0 Å². The fourth-order valence-corrected chi connectivity index (χ4v) is 3.98. The van der Waals surface area contributed by atoms with Gasteiger partial charge >= 0.3 is 5.97 Å². The molecule has 0 aromatic heterocycles. The molecule has 26 heavy (non-hydrogen) atoms. The van der Waals surface area contributed by atoms with Crippen LogP contribution in [0, 0.1) is 5.92 Å². The van der Waals surface area contributed by atoms with Crippen molar-refractivity contribution in [2.24, 2.45) is 5.92 Å². The highest BCUT2D eigenvalue weighted by molar-refractivity contribution is 8.13. The van der Waals surface area contributed by atoms with E-state index in [0.29, 0.717) is 18.6 Å². The summed E-state index contributed by atoms with van der Waals surface area (Å²) < 4.78 is 0. The maximum atomic E-state index is 12.8. The molecule has 1 heterocycles. The number of aliphatic carboxylic acids is 1. The second-order valence-corrected chi connectivity index (χ2v) is 8.02. The van der Waals surface area contributed by atoms with Gasteiger partial charge in [0.05, 0.1) is 5.92 Å². The van der Waals surface area contributed by atoms with Gasteiger partial charge in [0.2, 0.25) is 5.91 Å². The van der Waals surface area contributed by atoms with Crippen LogP contribution in [0.2, 0.25) is 0 Å². The predicted octanol–water partition coefficient (Wildman–Crippen LogP) is 3.20. The Morgan fingerprint density at radius 2 is 1.85 bits per heavy atom. The van der Waals surface area contributed by atoms with Crippen molar-refractivity contribution in [3.63, 3.8) is 0 Å². The molecule has 142 valence electrons. The van der Waals surface area contributed by atoms with Crippen LogP contribution in [0.4, 0.5) is 0 Å². The van der Waals surface area contributed by atoms with Crippen LogP contribution in [0.5, 0.6) is 0 Å². The Morgan fingerprint density at radius 3 is 2.54 bits per heavy atom. The molecular weight excluding hydrogens is 350 g/mol. The average molecular weight is 378 g/mol. The molecule has 2 rings (SSSR count). The smallest absolute Gasteiger partial charge is 0.326 e. The fourth-order valence-electron chi connectivity index (χ4n) is 3.28. The molecule has 1 aliphatic rings. The van der Waals surface area contributed by atoms with E-state index < -0.39 is 17.9 Å². The third-order valence-electron chi connectivity index (χ3n) is 4.75. The van der Waals surface area contributed by atoms with Crippen molar-refractivity contribution in [2.75, 3.05) is 5.75 Å². The minimum atomic E-state index is -0.994. The molecule has 0 saturated carbocycles. The predicted molar refractivity (Wildman–Crippen MR) is 103 cm³/mol. The van der Waals surface area contributed by atoms with Gasteiger partial charge in [-0.15, -0.1) is 0 Å². The standard InChI is InChI=1S/C20H27NO4S/c1-14(22)26-13-17-12-16-10-7-6-9-15(16)8-4-2-3-5-11-18(20(24)25)21-19(17)23/h6-7,9-10,17-18H,2-5,8,11-13H2,1H3,(H,21,23)(H,24,25)/t17?,18-/m0/s1. The van der Waals surface area contributed by atoms with Crippen molar-refractivity contribution < 1.29 is 19.5 Å². The Bertz CT molecular complexity index is 646. The van der Waals surface area contributed by atoms with Crippen LogP contribution in [-0.2, 0) is 27.2 Å². The Hall–Kier alpha value is -1.82. The second kappa shape index (κ2) is 10.4. The summed E-state index contributed by atoms with van der Waals surface area (Å²) in [5.74, 6) is -1.33. The monoisotopic (exact) mass is 377 g/mol. The number of hydrogen-bond donors (Lipinski definition) is 2. The van der Waals surface area contributed by atoms with Crippen molar-refractivity contribution in [3.05, 3.63) is 35.4 Å². The number of hydrogen-bond acceptors (Lipinski definition) is 4. The molecule has 5 nitrogen and oxygen atoms in total. The molecule has 1 unspecified atom stereocenters. The molecule has 1 amide bonds. The van der Waals surface area contributed by atoms with Crippen molar-refractivity contribution in [3.8, 4) is 0 Å². The number of thioether (sulfide) groups is 1. The van der Waals surface area contributed by atoms with Gasteiger partial charge in [0.25, 0.3) is 0 Å². The molecule has 2 N–H and O–H groups in total. The number of rotatable bonds is 3. The molecule has 0 saturated heterocycles. The third kappa shape index (κ3) is 6.48. The van der Waals surface area contributed by atoms with Gasteiger partial charge in [-0.3, -0.25) is 9.59 Å². The van der Waals surface area contributed by atoms with Gasteiger partial charge in [-0.2, -0.15) is 0 Å². The first-order chi connectivity index (χ1) is 12.5. The van der Waals surface area contributed by atoms with Crippen LogP contribution < -0.4 is 5.32 Å². The van der Waals surface area contributed by atoms with Crippen LogP contribution in [0.3, 0.4) is 0 Å². The number of carboxylic acids is 1. The summed E-state index contributed by atoms with van der Waals surface area (Å²) in [5.41, 5.74) is 2.36. The summed E-state index contributed by atoms with van der Waals surface area (Å²) in [6, 6.07) is 7.24. The highest BCUT2D eigenvalue weighted by Gasteiger charge is 2.26. The van der Waals surface area contributed by atoms with E-state index in [9.17, 15) is 19.5 Å². The molecule has 6 heteroatoms. The normalized spacial score (nSPS) is 22.1. The summed E-state index contributed by atoms with van der Waals surface area (Å²) in [4.78, 5) is 35.6. The largest absolute Gasteiger partial charge is 0.480 e. The van der Waals surface area contributed by atoms with Gasteiger partial charge in [-0.05, 0) is 36.8 Å². The molecule has 1 aliphatic heterocycles. The highest BCUT2D eigenvalue weighted by atomic mass is 32.2. The number of nitrogens with one attached hydrogen (secondary N) is 1. The van der Waals surface area contributed by atoms with E-state index in [2.05, 4.69) is 11.4 Å². The summed E-state index contributed by atoms with van der Waals surface area (Å²) in [5, 5.41) is 12.1. The lowest BCUT2D eigenvalue weighted by molar-refractivity contribution is -0.142. The first-order valence-corrected chi connectivity index (χ1v) is 10.2. The first kappa shape index (κ1) is 20.5. The number of amides is 1. The highest BCUT2D eigenvalue weighted by Crippen LogP contribution is 2.22. The van der Waals surface area contributed by atoms with E-state index >= 15 is 0 Å². The Balaban J connectivity index is 2.25. The van der Waals surface area contributed by atoms with Crippen molar-refractivity contribution in [1.82, 2.24) is 5.32 Å². The van der Waals surface area contributed by atoms with E-state index in [1.807, 2.05) is 18.2 Å². The zero-order valence-electron chi connectivity index (χ0n) is 15.2. The van der Waals surface area contributed by atoms with Crippen LogP contribution >= 0.6 is 11.8 Å². The zero-order valence-corrected chi connectivity index (χ0v) is 16.0. The van der Waals surface area contributed by atoms with Gasteiger partial charge in [-0.25, -0.2) is 4.79 Å². The number of carbonyl (C=O) groups is 3. The van der Waals surface area contributed by atoms with Crippen LogP contribution in [-0.4, -0.2) is 33.9 Å². The summed E-state index contributed by atoms with van der Waals surface area (Å²) >= 11 is 1.12. The number of carbonyl (C=O) groups excluding carboxylic acids is 2. The van der Waals surface area contributed by atoms with E-state index in [1.165, 1.54) is 12.5 Å². The number of aryl methyl sites for hydroxylation is 1. The molecular formula is C20H27NO4S. The second-order valence-electron chi connectivity index (χ2n) is 6.82. The molecule has 1 aromatic rings. The van der Waals surface area contributed by atoms with E-state index in [-0.39, 0.29) is 11.0 Å². The molecule has 2 atom stereocenters. The Labute approximate surface area is 158 Å². The minimum Gasteiger partial charge on any atom is -0.480 e. The molecule has 1 aromatic carbocycles. The van der Waals surface area contributed by atoms with Crippen molar-refractivity contribution >= 4 is 28.8 Å². The lowest BCUT2D eigenvalue weighted by Gasteiger charge is -2.21. The van der Waals surface area contributed by atoms with Crippen molar-refractivity contribution in [1.29, 1.82) is 0 Å². The van der Waals surface area contributed by atoms with Crippen LogP contribution in [0.1, 0.15) is 50.2 Å². The average Bonchev–Trinajstić information content (AvgIpc) is 2.61. The summed E-state index contributed by atoms with van der Waals surface area (Å²) in [7, 11) is 0. The lowest BCUT2D eigenvalue weighted by Crippen LogP contribution is -2.44. The zero-order chi connectivity index (χ0) is 18.9. The molecule has 0 radical (unpaired) electrons. The van der Waals surface area contributed by atoms with Gasteiger partial charge < -0.3 is 10.4 Å². The number of benzene rings is 1. The Morgan fingerprint density at radius 1 is 1.15 bits per heavy atom. The Kier molecular flexibility index (Phi) is 8.16. The van der Waals surface area contributed by atoms with E-state index in [0.717, 1.165) is 49.4 Å². The fraction of sp³-hybridized carbons (Fsp3) is 0.550. The SMILES string of the molecule is CC(=O)SCC1Cc2ccccc2CCCCCC[C@@H](C(=O)O)NC1=O. The minimum absolute atomic E-state index is 0.0382. The molecule has 0 spiro atoms. The quantitative estimate of drug-likeness (QED) is 0.845. The van der Waals surface area contributed by atoms with E-state index in [1.54, 1.807) is 0 Å². The van der Waals surface area contributed by atoms with Gasteiger partial charge in [0.15, 0.2) is 5.12 Å². The summed E-state index contributed by atoms with van der Waals surface area (Å²) in [6.45, 7) is 1.48. The molecule has 0 bridgehead atoms. The maximum absolute atomic E-state index is 12.8. The van der Waals surface area contributed by atoms with Gasteiger partial charge in [-0.1, -0.05) is 55.3 Å². The lowest BCUT2D eigenvalue weighted by atomic mass is 9.93. The summed E-state index contributed by atoms with van der Waals surface area (Å²) in [6.07, 6.45) is 5.79. The molecule has 0 aliphatic carbocycles. The third-order valence-corrected chi connectivity index (χ3v) is 5.72. The topological polar surface area (TPSA) is 83.5 Å². The number of carboxylic acid groups (broad SMARTS) is 1.